The van der Waals surface area contributed by atoms with E-state index in [0.717, 1.165) is 57.8 Å². The zero-order valence-electron chi connectivity index (χ0n) is 15.1. The van der Waals surface area contributed by atoms with Gasteiger partial charge in [0.25, 0.3) is 12.0 Å². The minimum absolute atomic E-state index is 0.0295. The van der Waals surface area contributed by atoms with Crippen molar-refractivity contribution in [3.05, 3.63) is 28.4 Å². The van der Waals surface area contributed by atoms with Crippen LogP contribution >= 0.6 is 0 Å². The predicted molar refractivity (Wildman–Crippen MR) is 93.0 cm³/mol. The predicted octanol–water partition coefficient (Wildman–Crippen LogP) is 1.90. The van der Waals surface area contributed by atoms with Crippen molar-refractivity contribution in [3.8, 4) is 0 Å². The lowest BCUT2D eigenvalue weighted by molar-refractivity contribution is -0.135. The van der Waals surface area contributed by atoms with Gasteiger partial charge in [0, 0.05) is 26.2 Å². The fourth-order valence-corrected chi connectivity index (χ4v) is 3.94. The summed E-state index contributed by atoms with van der Waals surface area (Å²) >= 11 is 0. The van der Waals surface area contributed by atoms with Gasteiger partial charge in [0.15, 0.2) is 0 Å². The van der Waals surface area contributed by atoms with E-state index in [-0.39, 0.29) is 11.9 Å². The summed E-state index contributed by atoms with van der Waals surface area (Å²) in [6.07, 6.45) is 3.30. The van der Waals surface area contributed by atoms with Crippen LogP contribution in [0.5, 0.6) is 0 Å². The molecule has 0 spiro atoms. The number of aromatic nitrogens is 2. The summed E-state index contributed by atoms with van der Waals surface area (Å²) in [5.41, 5.74) is -0.907. The van der Waals surface area contributed by atoms with E-state index in [1.165, 1.54) is 10.9 Å². The van der Waals surface area contributed by atoms with Gasteiger partial charge in [0.2, 0.25) is 5.91 Å². The van der Waals surface area contributed by atoms with Gasteiger partial charge in [-0.2, -0.15) is 0 Å². The van der Waals surface area contributed by atoms with Crippen LogP contribution in [0.15, 0.2) is 17.2 Å². The van der Waals surface area contributed by atoms with Crippen LogP contribution in [-0.2, 0) is 11.3 Å². The first-order valence-electron chi connectivity index (χ1n) is 9.29. The van der Waals surface area contributed by atoms with E-state index in [2.05, 4.69) is 9.88 Å². The number of hydrogen-bond donors (Lipinski definition) is 0. The monoisotopic (exact) mass is 368 g/mol. The van der Waals surface area contributed by atoms with Gasteiger partial charge >= 0.3 is 0 Å². The number of alkyl halides is 2. The summed E-state index contributed by atoms with van der Waals surface area (Å²) in [4.78, 5) is 32.3. The van der Waals surface area contributed by atoms with Crippen LogP contribution in [0.25, 0.3) is 0 Å². The number of hydrogen-bond acceptors (Lipinski definition) is 4. The highest BCUT2D eigenvalue weighted by Gasteiger charge is 2.32. The molecule has 26 heavy (non-hydrogen) atoms. The molecule has 144 valence electrons. The van der Waals surface area contributed by atoms with Gasteiger partial charge in [-0.25, -0.2) is 13.8 Å². The normalized spacial score (nSPS) is 23.5. The van der Waals surface area contributed by atoms with E-state index < -0.39 is 17.7 Å². The van der Waals surface area contributed by atoms with Gasteiger partial charge in [-0.15, -0.1) is 0 Å². The van der Waals surface area contributed by atoms with Crippen molar-refractivity contribution in [3.63, 3.8) is 0 Å². The van der Waals surface area contributed by atoms with Gasteiger partial charge in [-0.3, -0.25) is 19.1 Å². The Morgan fingerprint density at radius 1 is 1.15 bits per heavy atom. The maximum absolute atomic E-state index is 12.6. The molecule has 0 bridgehead atoms. The number of amides is 1. The second-order valence-corrected chi connectivity index (χ2v) is 7.36. The van der Waals surface area contributed by atoms with Gasteiger partial charge in [0.05, 0.1) is 12.4 Å². The Hall–Kier alpha value is -1.83. The second-order valence-electron chi connectivity index (χ2n) is 7.36. The van der Waals surface area contributed by atoms with Crippen LogP contribution in [0.2, 0.25) is 0 Å². The standard InChI is InChI=1S/C18H26F2N4O2/c1-22-7-3-2-4-15(18(22)26)23-8-5-13(6-9-23)11-24-12-21-14(17(19)20)10-16(24)25/h10,12-13,15,17H,2-9,11H2,1H3. The molecule has 6 nitrogen and oxygen atoms in total. The molecular formula is C18H26F2N4O2. The topological polar surface area (TPSA) is 58.4 Å². The second kappa shape index (κ2) is 8.24. The molecule has 1 aromatic heterocycles. The highest BCUT2D eigenvalue weighted by molar-refractivity contribution is 5.81. The van der Waals surface area contributed by atoms with Crippen molar-refractivity contribution < 1.29 is 13.6 Å². The lowest BCUT2D eigenvalue weighted by Crippen LogP contribution is -2.49. The smallest absolute Gasteiger partial charge is 0.280 e. The van der Waals surface area contributed by atoms with Crippen molar-refractivity contribution in [2.75, 3.05) is 26.7 Å². The molecule has 2 fully saturated rings. The third-order valence-corrected chi connectivity index (χ3v) is 5.55. The molecule has 0 aromatic carbocycles. The van der Waals surface area contributed by atoms with E-state index in [1.54, 1.807) is 0 Å². The summed E-state index contributed by atoms with van der Waals surface area (Å²) in [7, 11) is 1.87. The molecule has 1 amide bonds. The Morgan fingerprint density at radius 3 is 2.54 bits per heavy atom. The fraction of sp³-hybridized carbons (Fsp3) is 0.722. The van der Waals surface area contributed by atoms with Crippen molar-refractivity contribution in [1.82, 2.24) is 19.4 Å². The number of carbonyl (C=O) groups is 1. The van der Waals surface area contributed by atoms with E-state index in [9.17, 15) is 18.4 Å². The average Bonchev–Trinajstić information content (AvgIpc) is 2.79. The molecule has 2 aliphatic heterocycles. The third-order valence-electron chi connectivity index (χ3n) is 5.55. The highest BCUT2D eigenvalue weighted by Crippen LogP contribution is 2.24. The number of piperidine rings is 1. The summed E-state index contributed by atoms with van der Waals surface area (Å²) in [6, 6.07) is 0.887. The van der Waals surface area contributed by atoms with E-state index in [4.69, 9.17) is 0 Å². The molecule has 2 saturated heterocycles. The molecule has 0 aliphatic carbocycles. The van der Waals surface area contributed by atoms with Gasteiger partial charge in [0.1, 0.15) is 5.69 Å². The Kier molecular flexibility index (Phi) is 6.01. The average molecular weight is 368 g/mol. The highest BCUT2D eigenvalue weighted by atomic mass is 19.3. The van der Waals surface area contributed by atoms with Crippen LogP contribution < -0.4 is 5.56 Å². The van der Waals surface area contributed by atoms with Crippen LogP contribution in [0, 0.1) is 5.92 Å². The zero-order valence-corrected chi connectivity index (χ0v) is 15.1. The first-order valence-corrected chi connectivity index (χ1v) is 9.29. The largest absolute Gasteiger partial charge is 0.344 e. The number of rotatable bonds is 4. The minimum atomic E-state index is -2.73. The maximum atomic E-state index is 12.6. The van der Waals surface area contributed by atoms with Gasteiger partial charge < -0.3 is 4.90 Å². The summed E-state index contributed by atoms with van der Waals surface area (Å²) in [6.45, 7) is 2.97. The number of likely N-dealkylation sites (N-methyl/N-ethyl adjacent to an activating group) is 1. The molecule has 0 saturated carbocycles. The summed E-state index contributed by atoms with van der Waals surface area (Å²) < 4.78 is 26.6. The number of carbonyl (C=O) groups excluding carboxylic acids is 1. The molecule has 1 atom stereocenters. The van der Waals surface area contributed by atoms with Crippen LogP contribution in [0.3, 0.4) is 0 Å². The summed E-state index contributed by atoms with van der Waals surface area (Å²) in [5.74, 6) is 0.505. The van der Waals surface area contributed by atoms with Crippen LogP contribution in [-0.4, -0.2) is 58.0 Å². The number of halogens is 2. The van der Waals surface area contributed by atoms with E-state index >= 15 is 0 Å². The Morgan fingerprint density at radius 2 is 1.88 bits per heavy atom. The van der Waals surface area contributed by atoms with Crippen molar-refractivity contribution in [1.29, 1.82) is 0 Å². The molecule has 8 heteroatoms. The first kappa shape index (κ1) is 18.9. The van der Waals surface area contributed by atoms with Gasteiger partial charge in [-0.1, -0.05) is 0 Å². The zero-order chi connectivity index (χ0) is 18.7. The molecular weight excluding hydrogens is 342 g/mol. The minimum Gasteiger partial charge on any atom is -0.344 e. The van der Waals surface area contributed by atoms with Crippen LogP contribution in [0.1, 0.15) is 44.2 Å². The lowest BCUT2D eigenvalue weighted by atomic mass is 9.94. The Bertz CT molecular complexity index is 686. The Labute approximate surface area is 151 Å². The molecule has 0 radical (unpaired) electrons. The molecule has 0 N–H and O–H groups in total. The van der Waals surface area contributed by atoms with Crippen molar-refractivity contribution >= 4 is 5.91 Å². The van der Waals surface area contributed by atoms with Crippen LogP contribution in [0.4, 0.5) is 8.78 Å². The maximum Gasteiger partial charge on any atom is 0.280 e. The molecule has 1 aromatic rings. The van der Waals surface area contributed by atoms with E-state index in [1.807, 2.05) is 11.9 Å². The van der Waals surface area contributed by atoms with Crippen molar-refractivity contribution in [2.45, 2.75) is 51.1 Å². The molecule has 1 unspecified atom stereocenters. The number of likely N-dealkylation sites (tertiary alicyclic amines) is 2. The quantitative estimate of drug-likeness (QED) is 0.815. The molecule has 3 rings (SSSR count). The lowest BCUT2D eigenvalue weighted by Gasteiger charge is -2.37. The van der Waals surface area contributed by atoms with E-state index in [0.29, 0.717) is 12.5 Å². The molecule has 3 heterocycles. The fourth-order valence-electron chi connectivity index (χ4n) is 3.94. The SMILES string of the molecule is CN1CCCCC(N2CCC(Cn3cnc(C(F)F)cc3=O)CC2)C1=O. The summed E-state index contributed by atoms with van der Waals surface area (Å²) in [5, 5.41) is 0. The van der Waals surface area contributed by atoms with Crippen molar-refractivity contribution in [2.24, 2.45) is 5.92 Å². The van der Waals surface area contributed by atoms with Gasteiger partial charge in [-0.05, 0) is 51.1 Å². The first-order chi connectivity index (χ1) is 12.5. The third kappa shape index (κ3) is 4.28. The Balaban J connectivity index is 1.57. The number of nitrogens with zero attached hydrogens (tertiary/aromatic N) is 4. The molecule has 2 aliphatic rings.